The molecule has 2 aromatic rings. The maximum Gasteiger partial charge on any atom is 0.271 e. The van der Waals surface area contributed by atoms with Crippen molar-refractivity contribution < 1.29 is 19.4 Å². The molecule has 2 aliphatic carbocycles. The minimum Gasteiger partial charge on any atom is -0.390 e. The zero-order valence-electron chi connectivity index (χ0n) is 12.4. The second-order valence-electron chi connectivity index (χ2n) is 6.55. The van der Waals surface area contributed by atoms with Crippen molar-refractivity contribution in [2.75, 3.05) is 0 Å². The van der Waals surface area contributed by atoms with Crippen LogP contribution < -0.4 is 5.32 Å². The SMILES string of the molecule is O=C(NC12CCC(C1)[C@H](O)[C@@H]2O)c1ncc(F)c2ccccc12. The standard InChI is InChI=1S/C17H17FN2O3/c18-12-8-19-13(11-4-2-1-3-10(11)12)16(23)20-17-6-5-9(7-17)14(21)15(17)22/h1-4,8-9,14-15,21-22H,5-7H2,(H,20,23)/t9?,14-,15-,17?/m0/s1. The van der Waals surface area contributed by atoms with Crippen LogP contribution in [-0.4, -0.2) is 38.9 Å². The molecule has 5 nitrogen and oxygen atoms in total. The molecular weight excluding hydrogens is 299 g/mol. The van der Waals surface area contributed by atoms with Crippen molar-refractivity contribution in [1.82, 2.24) is 10.3 Å². The van der Waals surface area contributed by atoms with Crippen LogP contribution in [0.15, 0.2) is 30.5 Å². The Balaban J connectivity index is 1.70. The fourth-order valence-corrected chi connectivity index (χ4v) is 4.07. The molecule has 1 aromatic heterocycles. The van der Waals surface area contributed by atoms with Crippen molar-refractivity contribution >= 4 is 16.7 Å². The molecule has 1 aromatic carbocycles. The van der Waals surface area contributed by atoms with Gasteiger partial charge >= 0.3 is 0 Å². The Labute approximate surface area is 132 Å². The van der Waals surface area contributed by atoms with Crippen LogP contribution in [0.3, 0.4) is 0 Å². The molecule has 23 heavy (non-hydrogen) atoms. The first kappa shape index (κ1) is 14.5. The number of rotatable bonds is 2. The summed E-state index contributed by atoms with van der Waals surface area (Å²) >= 11 is 0. The van der Waals surface area contributed by atoms with E-state index in [2.05, 4.69) is 10.3 Å². The second kappa shape index (κ2) is 4.97. The third kappa shape index (κ3) is 2.05. The largest absolute Gasteiger partial charge is 0.390 e. The van der Waals surface area contributed by atoms with Gasteiger partial charge in [0.1, 0.15) is 17.6 Å². The molecule has 1 amide bonds. The van der Waals surface area contributed by atoms with Gasteiger partial charge in [0.15, 0.2) is 0 Å². The second-order valence-corrected chi connectivity index (χ2v) is 6.55. The molecule has 4 rings (SSSR count). The lowest BCUT2D eigenvalue weighted by Crippen LogP contribution is -2.56. The fraction of sp³-hybridized carbons (Fsp3) is 0.412. The summed E-state index contributed by atoms with van der Waals surface area (Å²) in [7, 11) is 0. The molecule has 6 heteroatoms. The van der Waals surface area contributed by atoms with Gasteiger partial charge in [-0.25, -0.2) is 9.37 Å². The van der Waals surface area contributed by atoms with Crippen LogP contribution in [0.5, 0.6) is 0 Å². The Bertz CT molecular complexity index is 797. The molecule has 0 aliphatic heterocycles. The van der Waals surface area contributed by atoms with E-state index in [0.717, 1.165) is 12.6 Å². The van der Waals surface area contributed by atoms with Gasteiger partial charge in [0.05, 0.1) is 17.8 Å². The van der Waals surface area contributed by atoms with Crippen LogP contribution >= 0.6 is 0 Å². The van der Waals surface area contributed by atoms with Gasteiger partial charge in [-0.1, -0.05) is 24.3 Å². The highest BCUT2D eigenvalue weighted by Gasteiger charge is 2.57. The quantitative estimate of drug-likeness (QED) is 0.782. The maximum absolute atomic E-state index is 13.8. The molecule has 120 valence electrons. The maximum atomic E-state index is 13.8. The fourth-order valence-electron chi connectivity index (χ4n) is 4.07. The van der Waals surface area contributed by atoms with Crippen LogP contribution in [0.1, 0.15) is 29.8 Å². The van der Waals surface area contributed by atoms with Gasteiger partial charge in [-0.15, -0.1) is 0 Å². The zero-order chi connectivity index (χ0) is 16.2. The average molecular weight is 316 g/mol. The Hall–Kier alpha value is -2.05. The summed E-state index contributed by atoms with van der Waals surface area (Å²) in [6.45, 7) is 0. The highest BCUT2D eigenvalue weighted by Crippen LogP contribution is 2.48. The molecule has 0 spiro atoms. The summed E-state index contributed by atoms with van der Waals surface area (Å²) in [5.74, 6) is -0.911. The van der Waals surface area contributed by atoms with E-state index in [1.54, 1.807) is 24.3 Å². The van der Waals surface area contributed by atoms with Crippen LogP contribution in [0.2, 0.25) is 0 Å². The smallest absolute Gasteiger partial charge is 0.271 e. The first-order valence-electron chi connectivity index (χ1n) is 7.74. The monoisotopic (exact) mass is 316 g/mol. The van der Waals surface area contributed by atoms with Crippen LogP contribution in [0.25, 0.3) is 10.8 Å². The number of pyridine rings is 1. The number of nitrogens with one attached hydrogen (secondary N) is 1. The van der Waals surface area contributed by atoms with Gasteiger partial charge in [-0.05, 0) is 25.2 Å². The summed E-state index contributed by atoms with van der Waals surface area (Å²) < 4.78 is 13.8. The number of hydrogen-bond acceptors (Lipinski definition) is 4. The van der Waals surface area contributed by atoms with Crippen LogP contribution in [-0.2, 0) is 0 Å². The predicted molar refractivity (Wildman–Crippen MR) is 81.3 cm³/mol. The van der Waals surface area contributed by atoms with Crippen molar-refractivity contribution in [3.63, 3.8) is 0 Å². The third-order valence-corrected chi connectivity index (χ3v) is 5.28. The molecule has 3 N–H and O–H groups in total. The van der Waals surface area contributed by atoms with Crippen molar-refractivity contribution in [2.24, 2.45) is 5.92 Å². The number of aliphatic hydroxyl groups excluding tert-OH is 2. The van der Waals surface area contributed by atoms with E-state index in [4.69, 9.17) is 0 Å². The number of aliphatic hydroxyl groups is 2. The number of carbonyl (C=O) groups is 1. The van der Waals surface area contributed by atoms with Gasteiger partial charge in [-0.2, -0.15) is 0 Å². The summed E-state index contributed by atoms with van der Waals surface area (Å²) in [4.78, 5) is 16.6. The zero-order valence-corrected chi connectivity index (χ0v) is 12.4. The van der Waals surface area contributed by atoms with E-state index in [-0.39, 0.29) is 11.6 Å². The number of carbonyl (C=O) groups excluding carboxylic acids is 1. The minimum atomic E-state index is -0.975. The third-order valence-electron chi connectivity index (χ3n) is 5.28. The Morgan fingerprint density at radius 3 is 2.74 bits per heavy atom. The van der Waals surface area contributed by atoms with Crippen LogP contribution in [0.4, 0.5) is 4.39 Å². The van der Waals surface area contributed by atoms with Gasteiger partial charge in [0.25, 0.3) is 5.91 Å². The topological polar surface area (TPSA) is 82.5 Å². The molecule has 1 heterocycles. The van der Waals surface area contributed by atoms with Gasteiger partial charge in [0.2, 0.25) is 0 Å². The van der Waals surface area contributed by atoms with Crippen molar-refractivity contribution in [3.05, 3.63) is 42.0 Å². The number of hydrogen-bond donors (Lipinski definition) is 3. The number of fused-ring (bicyclic) bond motifs is 3. The van der Waals surface area contributed by atoms with Crippen molar-refractivity contribution in [2.45, 2.75) is 37.0 Å². The lowest BCUT2D eigenvalue weighted by atomic mass is 9.88. The minimum absolute atomic E-state index is 0.0169. The lowest BCUT2D eigenvalue weighted by molar-refractivity contribution is -0.0321. The van der Waals surface area contributed by atoms with E-state index in [1.165, 1.54) is 0 Å². The Morgan fingerprint density at radius 2 is 2.04 bits per heavy atom. The first-order valence-corrected chi connectivity index (χ1v) is 7.74. The summed E-state index contributed by atoms with van der Waals surface area (Å²) in [5, 5.41) is 23.9. The van der Waals surface area contributed by atoms with Gasteiger partial charge in [0, 0.05) is 10.8 Å². The molecule has 2 bridgehead atoms. The molecule has 2 fully saturated rings. The Morgan fingerprint density at radius 1 is 1.30 bits per heavy atom. The number of halogens is 1. The molecular formula is C17H17FN2O3. The van der Waals surface area contributed by atoms with E-state index in [1.807, 2.05) is 0 Å². The summed E-state index contributed by atoms with van der Waals surface area (Å²) in [6.07, 6.45) is 1.21. The van der Waals surface area contributed by atoms with Crippen LogP contribution in [0, 0.1) is 11.7 Å². The molecule has 4 atom stereocenters. The molecule has 0 saturated heterocycles. The molecule has 2 aliphatic rings. The van der Waals surface area contributed by atoms with Gasteiger partial charge in [-0.3, -0.25) is 4.79 Å². The van der Waals surface area contributed by atoms with Crippen molar-refractivity contribution in [1.29, 1.82) is 0 Å². The van der Waals surface area contributed by atoms with E-state index < -0.39 is 29.5 Å². The van der Waals surface area contributed by atoms with E-state index >= 15 is 0 Å². The average Bonchev–Trinajstić information content (AvgIpc) is 3.07. The lowest BCUT2D eigenvalue weighted by Gasteiger charge is -2.34. The molecule has 2 unspecified atom stereocenters. The molecule has 0 radical (unpaired) electrons. The number of nitrogens with zero attached hydrogens (tertiary/aromatic N) is 1. The van der Waals surface area contributed by atoms with E-state index in [9.17, 15) is 19.4 Å². The highest BCUT2D eigenvalue weighted by molar-refractivity contribution is 6.05. The predicted octanol–water partition coefficient (Wildman–Crippen LogP) is 1.38. The summed E-state index contributed by atoms with van der Waals surface area (Å²) in [5.41, 5.74) is -0.674. The number of benzene rings is 1. The normalized spacial score (nSPS) is 32.4. The molecule has 2 saturated carbocycles. The van der Waals surface area contributed by atoms with E-state index in [0.29, 0.717) is 23.6 Å². The Kier molecular flexibility index (Phi) is 3.14. The first-order chi connectivity index (χ1) is 11.0. The highest BCUT2D eigenvalue weighted by atomic mass is 19.1. The van der Waals surface area contributed by atoms with Crippen molar-refractivity contribution in [3.8, 4) is 0 Å². The number of aromatic nitrogens is 1. The van der Waals surface area contributed by atoms with Gasteiger partial charge < -0.3 is 15.5 Å². The number of amides is 1. The summed E-state index contributed by atoms with van der Waals surface area (Å²) in [6, 6.07) is 6.67.